The lowest BCUT2D eigenvalue weighted by Gasteiger charge is -2.29. The molecule has 8 heteroatoms. The van der Waals surface area contributed by atoms with E-state index in [1.807, 2.05) is 54.3 Å². The fraction of sp³-hybridized carbons (Fsp3) is 0.385. The van der Waals surface area contributed by atoms with E-state index in [9.17, 15) is 14.7 Å². The number of rotatable bonds is 9. The Morgan fingerprint density at radius 1 is 1.18 bits per heavy atom. The maximum Gasteiger partial charge on any atom is 0.309 e. The zero-order valence-corrected chi connectivity index (χ0v) is 19.5. The van der Waals surface area contributed by atoms with E-state index in [1.54, 1.807) is 18.1 Å². The highest BCUT2D eigenvalue weighted by Gasteiger charge is 2.48. The van der Waals surface area contributed by atoms with E-state index in [-0.39, 0.29) is 25.2 Å². The lowest BCUT2D eigenvalue weighted by molar-refractivity contribution is -0.143. The van der Waals surface area contributed by atoms with Crippen LogP contribution in [0.25, 0.3) is 0 Å². The first-order chi connectivity index (χ1) is 16.5. The van der Waals surface area contributed by atoms with Gasteiger partial charge in [0.25, 0.3) is 0 Å². The van der Waals surface area contributed by atoms with Gasteiger partial charge in [0.1, 0.15) is 5.75 Å². The number of ether oxygens (including phenoxy) is 3. The number of carboxylic acids is 1. The number of fused-ring (bicyclic) bond motifs is 1. The smallest absolute Gasteiger partial charge is 0.309 e. The molecule has 0 radical (unpaired) electrons. The second-order valence-corrected chi connectivity index (χ2v) is 8.45. The Morgan fingerprint density at radius 3 is 2.53 bits per heavy atom. The predicted molar refractivity (Wildman–Crippen MR) is 126 cm³/mol. The molecule has 1 N–H and O–H groups in total. The SMILES string of the molecule is C=CCN(CC)C(=O)CN1CC(c2ccc3c(c2)OCO3)[C@H](C(=O)O)[C@H]1c1ccc(OC)cc1. The van der Waals surface area contributed by atoms with Crippen LogP contribution in [-0.4, -0.2) is 66.9 Å². The average molecular weight is 467 g/mol. The standard InChI is InChI=1S/C26H30N2O6/c1-4-12-27(5-2)23(29)15-28-14-20(18-8-11-21-22(13-18)34-16-33-21)24(26(30)31)25(28)17-6-9-19(32-3)10-7-17/h4,6-11,13,20,24-25H,1,5,12,14-16H2,2-3H3,(H,30,31)/t20?,24-,25+/m0/s1. The number of carboxylic acid groups (broad SMARTS) is 1. The second kappa shape index (κ2) is 10.2. The van der Waals surface area contributed by atoms with Crippen LogP contribution in [0.3, 0.4) is 0 Å². The molecule has 0 aromatic heterocycles. The van der Waals surface area contributed by atoms with Crippen molar-refractivity contribution in [1.82, 2.24) is 9.80 Å². The molecule has 3 atom stereocenters. The topological polar surface area (TPSA) is 88.5 Å². The van der Waals surface area contributed by atoms with Crippen molar-refractivity contribution in [2.24, 2.45) is 5.92 Å². The second-order valence-electron chi connectivity index (χ2n) is 8.45. The number of nitrogens with zero attached hydrogens (tertiary/aromatic N) is 2. The summed E-state index contributed by atoms with van der Waals surface area (Å²) in [5.41, 5.74) is 1.68. The van der Waals surface area contributed by atoms with Gasteiger partial charge in [0.15, 0.2) is 11.5 Å². The van der Waals surface area contributed by atoms with Crippen molar-refractivity contribution in [3.05, 3.63) is 66.2 Å². The van der Waals surface area contributed by atoms with Crippen molar-refractivity contribution in [3.63, 3.8) is 0 Å². The molecule has 0 spiro atoms. The van der Waals surface area contributed by atoms with Crippen molar-refractivity contribution in [3.8, 4) is 17.2 Å². The third kappa shape index (κ3) is 4.59. The molecule has 1 unspecified atom stereocenters. The van der Waals surface area contributed by atoms with Crippen LogP contribution in [0.4, 0.5) is 0 Å². The van der Waals surface area contributed by atoms with Gasteiger partial charge in [-0.1, -0.05) is 24.3 Å². The van der Waals surface area contributed by atoms with Gasteiger partial charge in [-0.05, 0) is 42.3 Å². The third-order valence-electron chi connectivity index (χ3n) is 6.59. The van der Waals surface area contributed by atoms with Gasteiger partial charge >= 0.3 is 5.97 Å². The van der Waals surface area contributed by atoms with Gasteiger partial charge in [0.2, 0.25) is 12.7 Å². The van der Waals surface area contributed by atoms with Crippen molar-refractivity contribution >= 4 is 11.9 Å². The van der Waals surface area contributed by atoms with Gasteiger partial charge < -0.3 is 24.2 Å². The summed E-state index contributed by atoms with van der Waals surface area (Å²) in [4.78, 5) is 29.4. The molecule has 34 heavy (non-hydrogen) atoms. The molecule has 0 bridgehead atoms. The van der Waals surface area contributed by atoms with E-state index in [0.29, 0.717) is 36.9 Å². The number of aliphatic carboxylic acids is 1. The first-order valence-electron chi connectivity index (χ1n) is 11.4. The molecule has 2 heterocycles. The molecule has 2 aromatic carbocycles. The van der Waals surface area contributed by atoms with Crippen LogP contribution in [0.1, 0.15) is 30.0 Å². The number of carbonyl (C=O) groups is 2. The van der Waals surface area contributed by atoms with Crippen LogP contribution < -0.4 is 14.2 Å². The lowest BCUT2D eigenvalue weighted by Crippen LogP contribution is -2.41. The van der Waals surface area contributed by atoms with Crippen LogP contribution in [-0.2, 0) is 9.59 Å². The first-order valence-corrected chi connectivity index (χ1v) is 11.4. The molecular weight excluding hydrogens is 436 g/mol. The van der Waals surface area contributed by atoms with Crippen molar-refractivity contribution in [2.75, 3.05) is 40.1 Å². The fourth-order valence-electron chi connectivity index (χ4n) is 4.91. The van der Waals surface area contributed by atoms with E-state index >= 15 is 0 Å². The fourth-order valence-corrected chi connectivity index (χ4v) is 4.91. The highest BCUT2D eigenvalue weighted by Crippen LogP contribution is 2.47. The van der Waals surface area contributed by atoms with Gasteiger partial charge in [-0.15, -0.1) is 6.58 Å². The summed E-state index contributed by atoms with van der Waals surface area (Å²) in [6.07, 6.45) is 1.70. The summed E-state index contributed by atoms with van der Waals surface area (Å²) < 4.78 is 16.2. The van der Waals surface area contributed by atoms with Gasteiger partial charge in [-0.3, -0.25) is 14.5 Å². The largest absolute Gasteiger partial charge is 0.497 e. The molecule has 8 nitrogen and oxygen atoms in total. The summed E-state index contributed by atoms with van der Waals surface area (Å²) >= 11 is 0. The maximum absolute atomic E-state index is 13.1. The number of carbonyl (C=O) groups excluding carboxylic acids is 1. The molecular formula is C26H30N2O6. The molecule has 1 fully saturated rings. The zero-order chi connectivity index (χ0) is 24.2. The van der Waals surface area contributed by atoms with Gasteiger partial charge in [-0.25, -0.2) is 0 Å². The molecule has 2 aromatic rings. The normalized spacial score (nSPS) is 21.3. The first kappa shape index (κ1) is 23.6. The van der Waals surface area contributed by atoms with Crippen LogP contribution in [0.15, 0.2) is 55.1 Å². The molecule has 1 amide bonds. The predicted octanol–water partition coefficient (Wildman–Crippen LogP) is 3.30. The molecule has 180 valence electrons. The van der Waals surface area contributed by atoms with Gasteiger partial charge in [0.05, 0.1) is 19.6 Å². The molecule has 0 saturated carbocycles. The lowest BCUT2D eigenvalue weighted by atomic mass is 9.82. The summed E-state index contributed by atoms with van der Waals surface area (Å²) in [6, 6.07) is 12.5. The van der Waals surface area contributed by atoms with E-state index in [0.717, 1.165) is 11.1 Å². The number of likely N-dealkylation sites (tertiary alicyclic amines) is 1. The number of amides is 1. The van der Waals surface area contributed by atoms with Gasteiger partial charge in [-0.2, -0.15) is 0 Å². The van der Waals surface area contributed by atoms with E-state index in [2.05, 4.69) is 6.58 Å². The Bertz CT molecular complexity index is 1050. The van der Waals surface area contributed by atoms with E-state index in [4.69, 9.17) is 14.2 Å². The minimum absolute atomic E-state index is 0.0589. The van der Waals surface area contributed by atoms with E-state index < -0.39 is 17.9 Å². The quantitative estimate of drug-likeness (QED) is 0.567. The zero-order valence-electron chi connectivity index (χ0n) is 19.5. The van der Waals surface area contributed by atoms with Crippen LogP contribution in [0.2, 0.25) is 0 Å². The van der Waals surface area contributed by atoms with Gasteiger partial charge in [0, 0.05) is 31.6 Å². The minimum Gasteiger partial charge on any atom is -0.497 e. The summed E-state index contributed by atoms with van der Waals surface area (Å²) in [6.45, 7) is 7.35. The number of hydrogen-bond donors (Lipinski definition) is 1. The maximum atomic E-state index is 13.1. The van der Waals surface area contributed by atoms with Crippen LogP contribution in [0, 0.1) is 5.92 Å². The molecule has 0 aliphatic carbocycles. The number of hydrogen-bond acceptors (Lipinski definition) is 6. The Morgan fingerprint density at radius 2 is 1.88 bits per heavy atom. The molecule has 2 aliphatic rings. The molecule has 2 aliphatic heterocycles. The minimum atomic E-state index is -0.906. The Hall–Kier alpha value is -3.52. The van der Waals surface area contributed by atoms with Crippen LogP contribution in [0.5, 0.6) is 17.2 Å². The molecule has 4 rings (SSSR count). The Balaban J connectivity index is 1.71. The summed E-state index contributed by atoms with van der Waals surface area (Å²) in [5, 5.41) is 10.3. The highest BCUT2D eigenvalue weighted by molar-refractivity contribution is 5.79. The number of benzene rings is 2. The van der Waals surface area contributed by atoms with Crippen molar-refractivity contribution in [2.45, 2.75) is 18.9 Å². The summed E-state index contributed by atoms with van der Waals surface area (Å²) in [7, 11) is 1.59. The third-order valence-corrected chi connectivity index (χ3v) is 6.59. The average Bonchev–Trinajstić information content (AvgIpc) is 3.46. The van der Waals surface area contributed by atoms with Crippen molar-refractivity contribution in [1.29, 1.82) is 0 Å². The number of methoxy groups -OCH3 is 1. The Kier molecular flexibility index (Phi) is 7.07. The monoisotopic (exact) mass is 466 g/mol. The molecule has 1 saturated heterocycles. The highest BCUT2D eigenvalue weighted by atomic mass is 16.7. The van der Waals surface area contributed by atoms with Crippen molar-refractivity contribution < 1.29 is 28.9 Å². The van der Waals surface area contributed by atoms with E-state index in [1.165, 1.54) is 0 Å². The van der Waals surface area contributed by atoms with Crippen LogP contribution >= 0.6 is 0 Å². The summed E-state index contributed by atoms with van der Waals surface area (Å²) in [5.74, 6) is -0.104. The number of likely N-dealkylation sites (N-methyl/N-ethyl adjacent to an activating group) is 1. The Labute approximate surface area is 199 Å².